The van der Waals surface area contributed by atoms with Crippen molar-refractivity contribution in [2.45, 2.75) is 51.7 Å². The fraction of sp³-hybridized carbons (Fsp3) is 0.615. The van der Waals surface area contributed by atoms with E-state index in [4.69, 9.17) is 0 Å². The van der Waals surface area contributed by atoms with Crippen molar-refractivity contribution in [1.82, 2.24) is 14.5 Å². The molecule has 1 atom stereocenters. The zero-order valence-corrected chi connectivity index (χ0v) is 11.4. The summed E-state index contributed by atoms with van der Waals surface area (Å²) in [6.07, 6.45) is 5.28. The smallest absolute Gasteiger partial charge is 0.332 e. The molecule has 1 heterocycles. The number of carboxylic acids is 1. The number of imidazole rings is 1. The summed E-state index contributed by atoms with van der Waals surface area (Å²) in [5, 5.41) is 9.50. The van der Waals surface area contributed by atoms with Gasteiger partial charge in [-0.15, -0.1) is 0 Å². The lowest BCUT2D eigenvalue weighted by molar-refractivity contribution is -0.151. The molecule has 1 unspecified atom stereocenters. The topological polar surface area (TPSA) is 75.4 Å². The van der Waals surface area contributed by atoms with Crippen LogP contribution in [-0.2, 0) is 9.59 Å². The maximum absolute atomic E-state index is 11.8. The molecule has 0 aliphatic heterocycles. The molecule has 0 saturated heterocycles. The molecule has 0 radical (unpaired) electrons. The number of aromatic nitrogens is 2. The summed E-state index contributed by atoms with van der Waals surface area (Å²) in [6, 6.07) is -0.818. The summed E-state index contributed by atoms with van der Waals surface area (Å²) >= 11 is 0. The minimum absolute atomic E-state index is 0.179. The number of nitrogens with zero attached hydrogens (tertiary/aromatic N) is 3. The molecule has 19 heavy (non-hydrogen) atoms. The van der Waals surface area contributed by atoms with Gasteiger partial charge in [0.2, 0.25) is 5.91 Å². The molecule has 1 aromatic rings. The van der Waals surface area contributed by atoms with Gasteiger partial charge in [0.25, 0.3) is 0 Å². The standard InChI is InChI=1S/C13H19N3O3/c1-8(2)16(9(3)17)12(13(18)19)11-6-14-7-15(11)10-4-5-10/h6-8,10,12H,4-5H2,1-3H3,(H,18,19). The lowest BCUT2D eigenvalue weighted by Gasteiger charge is -2.32. The maximum atomic E-state index is 11.8. The number of carboxylic acid groups (broad SMARTS) is 1. The molecule has 104 valence electrons. The van der Waals surface area contributed by atoms with Gasteiger partial charge in [-0.25, -0.2) is 9.78 Å². The van der Waals surface area contributed by atoms with Crippen LogP contribution >= 0.6 is 0 Å². The molecule has 0 bridgehead atoms. The van der Waals surface area contributed by atoms with E-state index in [-0.39, 0.29) is 11.9 Å². The summed E-state index contributed by atoms with van der Waals surface area (Å²) in [4.78, 5) is 28.8. The van der Waals surface area contributed by atoms with Crippen LogP contribution in [0, 0.1) is 0 Å². The van der Waals surface area contributed by atoms with Crippen LogP contribution in [-0.4, -0.2) is 37.5 Å². The Balaban J connectivity index is 2.41. The van der Waals surface area contributed by atoms with Gasteiger partial charge in [-0.1, -0.05) is 0 Å². The molecule has 1 saturated carbocycles. The van der Waals surface area contributed by atoms with Crippen molar-refractivity contribution >= 4 is 11.9 Å². The number of carbonyl (C=O) groups excluding carboxylic acids is 1. The first kappa shape index (κ1) is 13.6. The molecule has 1 aliphatic carbocycles. The number of hydrogen-bond acceptors (Lipinski definition) is 3. The van der Waals surface area contributed by atoms with Gasteiger partial charge in [-0.05, 0) is 26.7 Å². The van der Waals surface area contributed by atoms with Crippen molar-refractivity contribution < 1.29 is 14.7 Å². The predicted molar refractivity (Wildman–Crippen MR) is 68.5 cm³/mol. The third kappa shape index (κ3) is 2.62. The molecule has 1 aromatic heterocycles. The Hall–Kier alpha value is -1.85. The first-order valence-corrected chi connectivity index (χ1v) is 6.47. The molecular formula is C13H19N3O3. The molecule has 1 amide bonds. The lowest BCUT2D eigenvalue weighted by atomic mass is 10.1. The predicted octanol–water partition coefficient (Wildman–Crippen LogP) is 1.60. The number of carbonyl (C=O) groups is 2. The Kier molecular flexibility index (Phi) is 3.59. The molecular weight excluding hydrogens is 246 g/mol. The summed E-state index contributed by atoms with van der Waals surface area (Å²) in [6.45, 7) is 5.03. The minimum Gasteiger partial charge on any atom is -0.479 e. The highest BCUT2D eigenvalue weighted by molar-refractivity contribution is 5.83. The second-order valence-electron chi connectivity index (χ2n) is 5.22. The number of rotatable bonds is 5. The average Bonchev–Trinajstić information content (AvgIpc) is 3.03. The quantitative estimate of drug-likeness (QED) is 0.877. The minimum atomic E-state index is -1.02. The van der Waals surface area contributed by atoms with Gasteiger partial charge in [0, 0.05) is 19.0 Å². The number of hydrogen-bond donors (Lipinski definition) is 1. The summed E-state index contributed by atoms with van der Waals surface area (Å²) in [5.74, 6) is -1.27. The van der Waals surface area contributed by atoms with Gasteiger partial charge < -0.3 is 14.6 Å². The molecule has 0 aromatic carbocycles. The largest absolute Gasteiger partial charge is 0.479 e. The SMILES string of the molecule is CC(=O)N(C(C)C)C(C(=O)O)c1cncn1C1CC1. The molecule has 0 spiro atoms. The van der Waals surface area contributed by atoms with Crippen LogP contribution in [0.1, 0.15) is 51.4 Å². The normalized spacial score (nSPS) is 16.4. The van der Waals surface area contributed by atoms with Crippen LogP contribution in [0.25, 0.3) is 0 Å². The summed E-state index contributed by atoms with van der Waals surface area (Å²) in [7, 11) is 0. The lowest BCUT2D eigenvalue weighted by Crippen LogP contribution is -2.43. The van der Waals surface area contributed by atoms with Gasteiger partial charge in [0.05, 0.1) is 18.2 Å². The van der Waals surface area contributed by atoms with E-state index in [1.807, 2.05) is 18.4 Å². The fourth-order valence-electron chi connectivity index (χ4n) is 2.42. The van der Waals surface area contributed by atoms with Gasteiger partial charge >= 0.3 is 5.97 Å². The van der Waals surface area contributed by atoms with E-state index in [0.717, 1.165) is 12.8 Å². The highest BCUT2D eigenvalue weighted by Gasteiger charge is 2.36. The second kappa shape index (κ2) is 5.03. The number of aliphatic carboxylic acids is 1. The van der Waals surface area contributed by atoms with Crippen molar-refractivity contribution in [1.29, 1.82) is 0 Å². The monoisotopic (exact) mass is 265 g/mol. The van der Waals surface area contributed by atoms with E-state index in [0.29, 0.717) is 11.7 Å². The third-order valence-corrected chi connectivity index (χ3v) is 3.35. The zero-order valence-electron chi connectivity index (χ0n) is 11.4. The third-order valence-electron chi connectivity index (χ3n) is 3.35. The highest BCUT2D eigenvalue weighted by Crippen LogP contribution is 2.38. The zero-order chi connectivity index (χ0) is 14.2. The molecule has 6 heteroatoms. The summed E-state index contributed by atoms with van der Waals surface area (Å²) < 4.78 is 1.89. The van der Waals surface area contributed by atoms with Gasteiger partial charge in [0.1, 0.15) is 0 Å². The first-order valence-electron chi connectivity index (χ1n) is 6.47. The van der Waals surface area contributed by atoms with Crippen LogP contribution in [0.5, 0.6) is 0 Å². The van der Waals surface area contributed by atoms with Gasteiger partial charge in [0.15, 0.2) is 6.04 Å². The van der Waals surface area contributed by atoms with Crippen LogP contribution in [0.15, 0.2) is 12.5 Å². The summed E-state index contributed by atoms with van der Waals surface area (Å²) in [5.41, 5.74) is 0.582. The van der Waals surface area contributed by atoms with Gasteiger partial charge in [-0.2, -0.15) is 0 Å². The van der Waals surface area contributed by atoms with E-state index in [2.05, 4.69) is 4.98 Å². The van der Waals surface area contributed by atoms with Crippen LogP contribution in [0.2, 0.25) is 0 Å². The van der Waals surface area contributed by atoms with Crippen molar-refractivity contribution in [3.05, 3.63) is 18.2 Å². The highest BCUT2D eigenvalue weighted by atomic mass is 16.4. The Morgan fingerprint density at radius 1 is 1.47 bits per heavy atom. The molecule has 1 aliphatic rings. The fourth-order valence-corrected chi connectivity index (χ4v) is 2.42. The van der Waals surface area contributed by atoms with Gasteiger partial charge in [-0.3, -0.25) is 4.79 Å². The first-order chi connectivity index (χ1) is 8.93. The van der Waals surface area contributed by atoms with Crippen LogP contribution in [0.3, 0.4) is 0 Å². The Labute approximate surface area is 112 Å². The van der Waals surface area contributed by atoms with E-state index in [1.54, 1.807) is 12.5 Å². The van der Waals surface area contributed by atoms with Crippen LogP contribution < -0.4 is 0 Å². The average molecular weight is 265 g/mol. The van der Waals surface area contributed by atoms with Crippen molar-refractivity contribution in [3.63, 3.8) is 0 Å². The van der Waals surface area contributed by atoms with E-state index >= 15 is 0 Å². The Morgan fingerprint density at radius 3 is 2.53 bits per heavy atom. The van der Waals surface area contributed by atoms with E-state index in [1.165, 1.54) is 11.8 Å². The number of amides is 1. The van der Waals surface area contributed by atoms with E-state index < -0.39 is 12.0 Å². The Bertz CT molecular complexity index is 491. The van der Waals surface area contributed by atoms with E-state index in [9.17, 15) is 14.7 Å². The molecule has 6 nitrogen and oxygen atoms in total. The van der Waals surface area contributed by atoms with Crippen molar-refractivity contribution in [3.8, 4) is 0 Å². The molecule has 1 N–H and O–H groups in total. The molecule has 2 rings (SSSR count). The van der Waals surface area contributed by atoms with Crippen LogP contribution in [0.4, 0.5) is 0 Å². The second-order valence-corrected chi connectivity index (χ2v) is 5.22. The Morgan fingerprint density at radius 2 is 2.11 bits per heavy atom. The van der Waals surface area contributed by atoms with Crippen molar-refractivity contribution in [2.24, 2.45) is 0 Å². The van der Waals surface area contributed by atoms with Crippen molar-refractivity contribution in [2.75, 3.05) is 0 Å². The maximum Gasteiger partial charge on any atom is 0.332 e. The molecule has 1 fully saturated rings.